The summed E-state index contributed by atoms with van der Waals surface area (Å²) < 4.78 is 10.4. The van der Waals surface area contributed by atoms with Gasteiger partial charge in [0.2, 0.25) is 0 Å². The molecule has 1 heterocycles. The minimum atomic E-state index is -0.142. The molecule has 0 bridgehead atoms. The lowest BCUT2D eigenvalue weighted by Crippen LogP contribution is -2.33. The third kappa shape index (κ3) is 2.57. The molecule has 5 nitrogen and oxygen atoms in total. The van der Waals surface area contributed by atoms with E-state index in [0.717, 1.165) is 12.1 Å². The minimum Gasteiger partial charge on any atom is -0.493 e. The summed E-state index contributed by atoms with van der Waals surface area (Å²) >= 11 is 0. The third-order valence-corrected chi connectivity index (χ3v) is 3.77. The maximum Gasteiger partial charge on any atom is 0.326 e. The minimum absolute atomic E-state index is 0.142. The summed E-state index contributed by atoms with van der Waals surface area (Å²) in [5.74, 6) is 1.22. The summed E-state index contributed by atoms with van der Waals surface area (Å²) in [6.45, 7) is 0.693. The first-order valence-corrected chi connectivity index (χ1v) is 7.11. The lowest BCUT2D eigenvalue weighted by molar-refractivity contribution is 0.257. The average Bonchev–Trinajstić information content (AvgIpc) is 2.98. The Morgan fingerprint density at radius 2 is 1.86 bits per heavy atom. The van der Waals surface area contributed by atoms with Crippen molar-refractivity contribution >= 4 is 17.4 Å². The first-order valence-electron chi connectivity index (χ1n) is 7.11. The lowest BCUT2D eigenvalue weighted by atomic mass is 10.2. The Kier molecular flexibility index (Phi) is 3.87. The molecule has 2 aromatic rings. The van der Waals surface area contributed by atoms with Gasteiger partial charge in [0, 0.05) is 24.0 Å². The van der Waals surface area contributed by atoms with Gasteiger partial charge in [0.15, 0.2) is 11.5 Å². The monoisotopic (exact) mass is 298 g/mol. The summed E-state index contributed by atoms with van der Waals surface area (Å²) in [6, 6.07) is 13.1. The Morgan fingerprint density at radius 1 is 1.09 bits per heavy atom. The lowest BCUT2D eigenvalue weighted by Gasteiger charge is -2.18. The molecule has 0 unspecified atom stereocenters. The number of rotatable bonds is 3. The van der Waals surface area contributed by atoms with Crippen LogP contribution in [0.2, 0.25) is 0 Å². The normalized spacial score (nSPS) is 12.7. The second-order valence-electron chi connectivity index (χ2n) is 5.03. The Balaban J connectivity index is 1.78. The topological polar surface area (TPSA) is 50.8 Å². The van der Waals surface area contributed by atoms with Gasteiger partial charge in [0.1, 0.15) is 0 Å². The highest BCUT2D eigenvalue weighted by Crippen LogP contribution is 2.31. The van der Waals surface area contributed by atoms with Crippen molar-refractivity contribution in [3.63, 3.8) is 0 Å². The molecule has 5 heteroatoms. The van der Waals surface area contributed by atoms with Gasteiger partial charge in [-0.2, -0.15) is 0 Å². The van der Waals surface area contributed by atoms with Crippen LogP contribution in [0.15, 0.2) is 42.5 Å². The smallest absolute Gasteiger partial charge is 0.326 e. The molecule has 1 aliphatic heterocycles. The van der Waals surface area contributed by atoms with E-state index in [9.17, 15) is 4.79 Å². The second-order valence-corrected chi connectivity index (χ2v) is 5.03. The first-order chi connectivity index (χ1) is 10.7. The third-order valence-electron chi connectivity index (χ3n) is 3.77. The van der Waals surface area contributed by atoms with Gasteiger partial charge >= 0.3 is 6.03 Å². The van der Waals surface area contributed by atoms with Crippen LogP contribution in [0.25, 0.3) is 0 Å². The standard InChI is InChI=1S/C17H18N2O3/c1-21-15-8-7-13(11-16(15)22-2)18-17(20)19-10-9-12-5-3-4-6-14(12)19/h3-8,11H,9-10H2,1-2H3,(H,18,20). The van der Waals surface area contributed by atoms with Crippen molar-refractivity contribution in [2.45, 2.75) is 6.42 Å². The summed E-state index contributed by atoms with van der Waals surface area (Å²) in [5.41, 5.74) is 2.84. The number of para-hydroxylation sites is 1. The van der Waals surface area contributed by atoms with Crippen LogP contribution in [-0.4, -0.2) is 26.8 Å². The molecule has 0 saturated carbocycles. The molecule has 0 fully saturated rings. The Labute approximate surface area is 129 Å². The van der Waals surface area contributed by atoms with Crippen molar-refractivity contribution in [1.82, 2.24) is 0 Å². The van der Waals surface area contributed by atoms with Crippen LogP contribution in [0.4, 0.5) is 16.2 Å². The summed E-state index contributed by atoms with van der Waals surface area (Å²) in [6.07, 6.45) is 0.884. The molecule has 2 amide bonds. The fraction of sp³-hybridized carbons (Fsp3) is 0.235. The van der Waals surface area contributed by atoms with E-state index in [1.54, 1.807) is 37.3 Å². The van der Waals surface area contributed by atoms with E-state index in [4.69, 9.17) is 9.47 Å². The second kappa shape index (κ2) is 5.97. The molecule has 2 aromatic carbocycles. The van der Waals surface area contributed by atoms with Gasteiger partial charge in [-0.1, -0.05) is 18.2 Å². The quantitative estimate of drug-likeness (QED) is 0.946. The highest BCUT2D eigenvalue weighted by Gasteiger charge is 2.24. The van der Waals surface area contributed by atoms with Crippen LogP contribution in [-0.2, 0) is 6.42 Å². The molecular weight excluding hydrogens is 280 g/mol. The number of hydrogen-bond acceptors (Lipinski definition) is 3. The number of benzene rings is 2. The van der Waals surface area contributed by atoms with Crippen LogP contribution in [0.1, 0.15) is 5.56 Å². The fourth-order valence-electron chi connectivity index (χ4n) is 2.65. The van der Waals surface area contributed by atoms with E-state index in [0.29, 0.717) is 23.7 Å². The number of fused-ring (bicyclic) bond motifs is 1. The number of urea groups is 1. The van der Waals surface area contributed by atoms with E-state index in [-0.39, 0.29) is 6.03 Å². The van der Waals surface area contributed by atoms with E-state index >= 15 is 0 Å². The van der Waals surface area contributed by atoms with Gasteiger partial charge < -0.3 is 14.8 Å². The van der Waals surface area contributed by atoms with Crippen LogP contribution in [0.3, 0.4) is 0 Å². The molecule has 0 aromatic heterocycles. The van der Waals surface area contributed by atoms with Crippen LogP contribution in [0, 0.1) is 0 Å². The van der Waals surface area contributed by atoms with Crippen LogP contribution in [0.5, 0.6) is 11.5 Å². The highest BCUT2D eigenvalue weighted by molar-refractivity contribution is 6.03. The molecule has 3 rings (SSSR count). The van der Waals surface area contributed by atoms with Crippen molar-refractivity contribution in [1.29, 1.82) is 0 Å². The largest absolute Gasteiger partial charge is 0.493 e. The molecule has 1 aliphatic rings. The maximum atomic E-state index is 12.5. The predicted octanol–water partition coefficient (Wildman–Crippen LogP) is 3.30. The molecule has 0 atom stereocenters. The number of amides is 2. The van der Waals surface area contributed by atoms with Crippen LogP contribution < -0.4 is 19.7 Å². The van der Waals surface area contributed by atoms with E-state index in [1.807, 2.05) is 18.2 Å². The molecule has 0 saturated heterocycles. The van der Waals surface area contributed by atoms with Crippen LogP contribution >= 0.6 is 0 Å². The van der Waals surface area contributed by atoms with Gasteiger partial charge in [0.25, 0.3) is 0 Å². The first kappa shape index (κ1) is 14.3. The number of carbonyl (C=O) groups is 1. The zero-order chi connectivity index (χ0) is 15.5. The molecule has 0 radical (unpaired) electrons. The molecule has 1 N–H and O–H groups in total. The van der Waals surface area contributed by atoms with E-state index in [2.05, 4.69) is 11.4 Å². The maximum absolute atomic E-state index is 12.5. The summed E-state index contributed by atoms with van der Waals surface area (Å²) in [7, 11) is 3.15. The van der Waals surface area contributed by atoms with Gasteiger partial charge in [-0.25, -0.2) is 4.79 Å². The summed E-state index contributed by atoms with van der Waals surface area (Å²) in [5, 5.41) is 2.90. The van der Waals surface area contributed by atoms with Crippen molar-refractivity contribution in [3.05, 3.63) is 48.0 Å². The van der Waals surface area contributed by atoms with E-state index in [1.165, 1.54) is 5.56 Å². The molecule has 0 spiro atoms. The van der Waals surface area contributed by atoms with Crippen molar-refractivity contribution in [2.24, 2.45) is 0 Å². The SMILES string of the molecule is COc1ccc(NC(=O)N2CCc3ccccc32)cc1OC. The van der Waals surface area contributed by atoms with Crippen molar-refractivity contribution in [3.8, 4) is 11.5 Å². The number of nitrogens with one attached hydrogen (secondary N) is 1. The molecular formula is C17H18N2O3. The van der Waals surface area contributed by atoms with Crippen molar-refractivity contribution in [2.75, 3.05) is 31.0 Å². The number of anilines is 2. The molecule has 114 valence electrons. The van der Waals surface area contributed by atoms with Gasteiger partial charge in [0.05, 0.1) is 14.2 Å². The zero-order valence-electron chi connectivity index (χ0n) is 12.6. The number of methoxy groups -OCH3 is 2. The Morgan fingerprint density at radius 3 is 2.64 bits per heavy atom. The average molecular weight is 298 g/mol. The number of nitrogens with zero attached hydrogens (tertiary/aromatic N) is 1. The summed E-state index contributed by atoms with van der Waals surface area (Å²) in [4.78, 5) is 14.2. The fourth-order valence-corrected chi connectivity index (χ4v) is 2.65. The van der Waals surface area contributed by atoms with Gasteiger partial charge in [-0.05, 0) is 30.2 Å². The number of hydrogen-bond donors (Lipinski definition) is 1. The number of ether oxygens (including phenoxy) is 2. The van der Waals surface area contributed by atoms with Crippen molar-refractivity contribution < 1.29 is 14.3 Å². The molecule has 0 aliphatic carbocycles. The highest BCUT2D eigenvalue weighted by atomic mass is 16.5. The Bertz CT molecular complexity index is 700. The number of carbonyl (C=O) groups excluding carboxylic acids is 1. The molecule has 22 heavy (non-hydrogen) atoms. The van der Waals surface area contributed by atoms with Gasteiger partial charge in [-0.3, -0.25) is 4.90 Å². The predicted molar refractivity (Wildman–Crippen MR) is 86.1 cm³/mol. The Hall–Kier alpha value is -2.69. The van der Waals surface area contributed by atoms with Gasteiger partial charge in [-0.15, -0.1) is 0 Å². The van der Waals surface area contributed by atoms with E-state index < -0.39 is 0 Å². The zero-order valence-corrected chi connectivity index (χ0v) is 12.6.